The van der Waals surface area contributed by atoms with Gasteiger partial charge in [-0.2, -0.15) is 0 Å². The Morgan fingerprint density at radius 2 is 1.56 bits per heavy atom. The molecule has 0 radical (unpaired) electrons. The number of esters is 2. The quantitative estimate of drug-likeness (QED) is 0.354. The van der Waals surface area contributed by atoms with E-state index in [9.17, 15) is 14.4 Å². The zero-order valence-electron chi connectivity index (χ0n) is 19.2. The van der Waals surface area contributed by atoms with E-state index in [-0.39, 0.29) is 28.9 Å². The average molecular weight is 461 g/mol. The summed E-state index contributed by atoms with van der Waals surface area (Å²) < 4.78 is 26.7. The van der Waals surface area contributed by atoms with Gasteiger partial charge in [-0.3, -0.25) is 4.79 Å². The van der Waals surface area contributed by atoms with Gasteiger partial charge in [-0.1, -0.05) is 66.7 Å². The van der Waals surface area contributed by atoms with Gasteiger partial charge in [0.15, 0.2) is 5.78 Å². The van der Waals surface area contributed by atoms with Crippen molar-refractivity contribution in [2.75, 3.05) is 0 Å². The van der Waals surface area contributed by atoms with Gasteiger partial charge in [0.05, 0.1) is 5.56 Å². The van der Waals surface area contributed by atoms with Crippen LogP contribution in [0.1, 0.15) is 65.0 Å². The Hall–Kier alpha value is -3.80. The molecule has 0 aromatic heterocycles. The summed E-state index contributed by atoms with van der Waals surface area (Å²) in [5, 5.41) is 0. The predicted octanol–water partition coefficient (Wildman–Crippen LogP) is 5.59. The molecule has 2 atom stereocenters. The van der Waals surface area contributed by atoms with Crippen LogP contribution in [0.4, 0.5) is 4.39 Å². The van der Waals surface area contributed by atoms with Crippen molar-refractivity contribution in [3.8, 4) is 0 Å². The highest BCUT2D eigenvalue weighted by Gasteiger charge is 2.60. The number of carbonyl (C=O) groups excluding carboxylic acids is 3. The maximum Gasteiger partial charge on any atom is 0.356 e. The number of hydrogen-bond acceptors (Lipinski definition) is 5. The third-order valence-corrected chi connectivity index (χ3v) is 5.76. The molecule has 174 valence electrons. The molecule has 0 aliphatic carbocycles. The number of hydrogen-bond donors (Lipinski definition) is 0. The van der Waals surface area contributed by atoms with E-state index in [0.717, 1.165) is 0 Å². The minimum absolute atomic E-state index is 0.0853. The Morgan fingerprint density at radius 3 is 2.24 bits per heavy atom. The molecule has 0 saturated heterocycles. The monoisotopic (exact) mass is 460 g/mol. The number of benzene rings is 3. The van der Waals surface area contributed by atoms with E-state index in [2.05, 4.69) is 0 Å². The van der Waals surface area contributed by atoms with Crippen molar-refractivity contribution in [2.24, 2.45) is 0 Å². The van der Waals surface area contributed by atoms with Gasteiger partial charge in [-0.25, -0.2) is 14.0 Å². The molecule has 6 heteroatoms. The molecule has 34 heavy (non-hydrogen) atoms. The SMILES string of the molecule is CC(C)(C)OC(=O)[C@]1([C@H](CC(=O)c2ccccc2)c2ccccc2F)OC(=O)c2ccccc21. The predicted molar refractivity (Wildman–Crippen MR) is 124 cm³/mol. The summed E-state index contributed by atoms with van der Waals surface area (Å²) in [5.41, 5.74) is -2.03. The molecule has 4 rings (SSSR count). The average Bonchev–Trinajstić information content (AvgIpc) is 3.11. The molecule has 5 nitrogen and oxygen atoms in total. The zero-order chi connectivity index (χ0) is 24.5. The molecule has 1 aliphatic heterocycles. The van der Waals surface area contributed by atoms with E-state index in [1.165, 1.54) is 18.2 Å². The maximum atomic E-state index is 15.2. The van der Waals surface area contributed by atoms with Crippen LogP contribution < -0.4 is 0 Å². The first-order valence-corrected chi connectivity index (χ1v) is 11.0. The Labute approximate surface area is 197 Å². The lowest BCUT2D eigenvalue weighted by atomic mass is 9.73. The van der Waals surface area contributed by atoms with Crippen molar-refractivity contribution in [2.45, 2.75) is 44.3 Å². The number of cyclic esters (lactones) is 1. The van der Waals surface area contributed by atoms with Gasteiger partial charge in [-0.15, -0.1) is 0 Å². The molecular weight excluding hydrogens is 435 g/mol. The normalized spacial score (nSPS) is 18.1. The molecule has 0 bridgehead atoms. The molecule has 0 amide bonds. The topological polar surface area (TPSA) is 69.7 Å². The van der Waals surface area contributed by atoms with Gasteiger partial charge >= 0.3 is 11.9 Å². The highest BCUT2D eigenvalue weighted by molar-refractivity contribution is 6.03. The first-order chi connectivity index (χ1) is 16.1. The van der Waals surface area contributed by atoms with Crippen LogP contribution in [0.5, 0.6) is 0 Å². The van der Waals surface area contributed by atoms with Crippen molar-refractivity contribution in [1.29, 1.82) is 0 Å². The van der Waals surface area contributed by atoms with E-state index in [1.807, 2.05) is 0 Å². The summed E-state index contributed by atoms with van der Waals surface area (Å²) >= 11 is 0. The standard InChI is InChI=1S/C28H25FO5/c1-27(2,3)34-26(32)28(21-15-9-7-14-20(21)25(31)33-28)22(19-13-8-10-16-23(19)29)17-24(30)18-11-5-4-6-12-18/h4-16,22H,17H2,1-3H3/t22-,28+/m1/s1. The Balaban J connectivity index is 1.94. The molecule has 1 aliphatic rings. The molecule has 1 heterocycles. The van der Waals surface area contributed by atoms with Gasteiger partial charge in [0, 0.05) is 23.5 Å². The van der Waals surface area contributed by atoms with E-state index >= 15 is 4.39 Å². The Morgan fingerprint density at radius 1 is 0.941 bits per heavy atom. The molecular formula is C28H25FO5. The number of ketones is 1. The number of Topliss-reactive ketones (excluding diaryl/α,β-unsaturated/α-hetero) is 1. The lowest BCUT2D eigenvalue weighted by molar-refractivity contribution is -0.180. The third kappa shape index (κ3) is 4.23. The summed E-state index contributed by atoms with van der Waals surface area (Å²) in [5.74, 6) is -3.68. The first kappa shape index (κ1) is 23.4. The summed E-state index contributed by atoms with van der Waals surface area (Å²) in [7, 11) is 0. The summed E-state index contributed by atoms with van der Waals surface area (Å²) in [4.78, 5) is 40.0. The van der Waals surface area contributed by atoms with Crippen LogP contribution in [0.25, 0.3) is 0 Å². The maximum absolute atomic E-state index is 15.2. The van der Waals surface area contributed by atoms with Crippen LogP contribution in [0, 0.1) is 5.82 Å². The van der Waals surface area contributed by atoms with Gasteiger partial charge in [0.1, 0.15) is 11.4 Å². The van der Waals surface area contributed by atoms with Crippen LogP contribution >= 0.6 is 0 Å². The van der Waals surface area contributed by atoms with Crippen LogP contribution in [-0.2, 0) is 19.9 Å². The highest BCUT2D eigenvalue weighted by atomic mass is 19.1. The van der Waals surface area contributed by atoms with Crippen molar-refractivity contribution >= 4 is 17.7 Å². The van der Waals surface area contributed by atoms with Crippen molar-refractivity contribution < 1.29 is 28.2 Å². The van der Waals surface area contributed by atoms with E-state index in [0.29, 0.717) is 5.56 Å². The van der Waals surface area contributed by atoms with Gasteiger partial charge in [0.25, 0.3) is 0 Å². The minimum Gasteiger partial charge on any atom is -0.457 e. The number of carbonyl (C=O) groups is 3. The van der Waals surface area contributed by atoms with Crippen molar-refractivity contribution in [3.05, 3.63) is 107 Å². The highest BCUT2D eigenvalue weighted by Crippen LogP contribution is 2.50. The first-order valence-electron chi connectivity index (χ1n) is 11.0. The van der Waals surface area contributed by atoms with E-state index in [1.54, 1.807) is 81.4 Å². The lowest BCUT2D eigenvalue weighted by Crippen LogP contribution is -2.47. The largest absolute Gasteiger partial charge is 0.457 e. The molecule has 0 unspecified atom stereocenters. The van der Waals surface area contributed by atoms with Gasteiger partial charge in [0.2, 0.25) is 5.60 Å². The van der Waals surface area contributed by atoms with Crippen LogP contribution in [0.15, 0.2) is 78.9 Å². The smallest absolute Gasteiger partial charge is 0.356 e. The lowest BCUT2D eigenvalue weighted by Gasteiger charge is -2.37. The van der Waals surface area contributed by atoms with Crippen LogP contribution in [0.2, 0.25) is 0 Å². The third-order valence-electron chi connectivity index (χ3n) is 5.76. The fourth-order valence-corrected chi connectivity index (χ4v) is 4.31. The number of ether oxygens (including phenoxy) is 2. The summed E-state index contributed by atoms with van der Waals surface area (Å²) in [6.45, 7) is 5.07. The fraction of sp³-hybridized carbons (Fsp3) is 0.250. The molecule has 3 aromatic carbocycles. The molecule has 0 spiro atoms. The van der Waals surface area contributed by atoms with Gasteiger partial charge < -0.3 is 9.47 Å². The molecule has 3 aromatic rings. The fourth-order valence-electron chi connectivity index (χ4n) is 4.31. The second-order valence-electron chi connectivity index (χ2n) is 9.24. The zero-order valence-corrected chi connectivity index (χ0v) is 19.2. The van der Waals surface area contributed by atoms with E-state index < -0.39 is 34.9 Å². The molecule has 0 N–H and O–H groups in total. The molecule has 0 fully saturated rings. The van der Waals surface area contributed by atoms with Gasteiger partial charge in [-0.05, 0) is 38.5 Å². The second-order valence-corrected chi connectivity index (χ2v) is 9.24. The van der Waals surface area contributed by atoms with Crippen molar-refractivity contribution in [1.82, 2.24) is 0 Å². The number of rotatable bonds is 6. The number of fused-ring (bicyclic) bond motifs is 1. The van der Waals surface area contributed by atoms with Crippen LogP contribution in [0.3, 0.4) is 0 Å². The Kier molecular flexibility index (Phi) is 6.09. The van der Waals surface area contributed by atoms with Crippen LogP contribution in [-0.4, -0.2) is 23.3 Å². The van der Waals surface area contributed by atoms with E-state index in [4.69, 9.17) is 9.47 Å². The molecule has 0 saturated carbocycles. The second kappa shape index (κ2) is 8.86. The Bertz CT molecular complexity index is 1240. The minimum atomic E-state index is -2.03. The van der Waals surface area contributed by atoms with Crippen molar-refractivity contribution in [3.63, 3.8) is 0 Å². The summed E-state index contributed by atoms with van der Waals surface area (Å²) in [6.07, 6.45) is -0.286. The summed E-state index contributed by atoms with van der Waals surface area (Å²) in [6, 6.07) is 20.8. The number of halogens is 1.